The van der Waals surface area contributed by atoms with E-state index in [0.29, 0.717) is 40.2 Å². The summed E-state index contributed by atoms with van der Waals surface area (Å²) in [6, 6.07) is 5.50. The number of imidazole rings is 1. The molecule has 0 spiro atoms. The van der Waals surface area contributed by atoms with Crippen molar-refractivity contribution in [2.24, 2.45) is 29.1 Å². The topological polar surface area (TPSA) is 66.7 Å². The number of nitrogens with zero attached hydrogens (tertiary/aromatic N) is 3. The van der Waals surface area contributed by atoms with Crippen molar-refractivity contribution in [3.63, 3.8) is 0 Å². The fraction of sp³-hybridized carbons (Fsp3) is 0.640. The van der Waals surface area contributed by atoms with E-state index in [1.807, 2.05) is 23.1 Å². The molecule has 6 heteroatoms. The summed E-state index contributed by atoms with van der Waals surface area (Å²) in [5, 5.41) is 3.18. The van der Waals surface area contributed by atoms with Crippen LogP contribution in [-0.4, -0.2) is 45.7 Å². The summed E-state index contributed by atoms with van der Waals surface area (Å²) in [4.78, 5) is 32.4. The van der Waals surface area contributed by atoms with Crippen LogP contribution >= 0.6 is 0 Å². The van der Waals surface area contributed by atoms with E-state index in [2.05, 4.69) is 31.1 Å². The van der Waals surface area contributed by atoms with E-state index in [9.17, 15) is 9.59 Å². The maximum atomic E-state index is 13.0. The molecule has 0 radical (unpaired) electrons. The van der Waals surface area contributed by atoms with Crippen LogP contribution in [0.2, 0.25) is 0 Å². The zero-order valence-corrected chi connectivity index (χ0v) is 18.9. The van der Waals surface area contributed by atoms with Crippen LogP contribution in [0.4, 0.5) is 0 Å². The summed E-state index contributed by atoms with van der Waals surface area (Å²) in [6.45, 7) is 9.28. The van der Waals surface area contributed by atoms with Gasteiger partial charge in [-0.1, -0.05) is 26.8 Å². The third-order valence-electron chi connectivity index (χ3n) is 8.54. The molecule has 166 valence electrons. The molecular formula is C25H34N4O2. The Balaban J connectivity index is 1.29. The molecule has 2 aromatic heterocycles. The van der Waals surface area contributed by atoms with E-state index in [1.165, 1.54) is 19.3 Å². The molecule has 1 saturated heterocycles. The molecule has 31 heavy (non-hydrogen) atoms. The molecular weight excluding hydrogens is 388 g/mol. The van der Waals surface area contributed by atoms with E-state index in [1.54, 1.807) is 10.6 Å². The molecule has 2 aromatic rings. The molecule has 3 heterocycles. The summed E-state index contributed by atoms with van der Waals surface area (Å²) in [5.74, 6) is 2.68. The first kappa shape index (κ1) is 20.5. The van der Waals surface area contributed by atoms with Crippen molar-refractivity contribution in [3.8, 4) is 0 Å². The molecule has 3 saturated carbocycles. The molecule has 0 unspecified atom stereocenters. The van der Waals surface area contributed by atoms with E-state index in [0.717, 1.165) is 38.4 Å². The average molecular weight is 423 g/mol. The summed E-state index contributed by atoms with van der Waals surface area (Å²) >= 11 is 0. The number of amides is 2. The Labute approximate surface area is 184 Å². The smallest absolute Gasteiger partial charge is 0.274 e. The van der Waals surface area contributed by atoms with Crippen LogP contribution in [0.5, 0.6) is 0 Å². The number of pyridine rings is 1. The third-order valence-corrected chi connectivity index (χ3v) is 8.54. The van der Waals surface area contributed by atoms with Gasteiger partial charge in [0, 0.05) is 25.8 Å². The van der Waals surface area contributed by atoms with Crippen molar-refractivity contribution in [3.05, 3.63) is 35.8 Å². The predicted molar refractivity (Wildman–Crippen MR) is 120 cm³/mol. The second-order valence-corrected chi connectivity index (χ2v) is 10.6. The number of carbonyl (C=O) groups is 2. The largest absolute Gasteiger partial charge is 0.350 e. The third kappa shape index (κ3) is 3.54. The van der Waals surface area contributed by atoms with Gasteiger partial charge in [-0.25, -0.2) is 4.98 Å². The van der Waals surface area contributed by atoms with Crippen molar-refractivity contribution >= 4 is 17.5 Å². The van der Waals surface area contributed by atoms with E-state index >= 15 is 0 Å². The lowest BCUT2D eigenvalue weighted by molar-refractivity contribution is -0.103. The SMILES string of the molecule is CC1CCN(C(=O)c2cn3c(C(=O)NC[C@@H]4CC[C@H]5C[C@@H]4C5(C)C)cccc3n2)CC1. The first-order valence-electron chi connectivity index (χ1n) is 11.9. The van der Waals surface area contributed by atoms with E-state index < -0.39 is 0 Å². The number of rotatable bonds is 4. The van der Waals surface area contributed by atoms with Gasteiger partial charge in [0.15, 0.2) is 0 Å². The molecule has 4 aliphatic rings. The van der Waals surface area contributed by atoms with E-state index in [-0.39, 0.29) is 11.8 Å². The van der Waals surface area contributed by atoms with Gasteiger partial charge in [-0.15, -0.1) is 0 Å². The average Bonchev–Trinajstić information content (AvgIpc) is 3.22. The molecule has 4 fully saturated rings. The van der Waals surface area contributed by atoms with Crippen molar-refractivity contribution in [1.29, 1.82) is 0 Å². The van der Waals surface area contributed by atoms with Crippen molar-refractivity contribution in [2.75, 3.05) is 19.6 Å². The number of aromatic nitrogens is 2. The minimum absolute atomic E-state index is 0.0362. The van der Waals surface area contributed by atoms with Gasteiger partial charge in [0.1, 0.15) is 17.0 Å². The number of hydrogen-bond acceptors (Lipinski definition) is 3. The Hall–Kier alpha value is -2.37. The van der Waals surface area contributed by atoms with Gasteiger partial charge in [-0.2, -0.15) is 0 Å². The Bertz CT molecular complexity index is 1000. The van der Waals surface area contributed by atoms with Crippen LogP contribution < -0.4 is 5.32 Å². The Kier molecular flexibility index (Phi) is 5.06. The summed E-state index contributed by atoms with van der Waals surface area (Å²) in [5.41, 5.74) is 2.02. The van der Waals surface area contributed by atoms with Gasteiger partial charge in [-0.3, -0.25) is 14.0 Å². The van der Waals surface area contributed by atoms with Crippen LogP contribution in [0, 0.1) is 29.1 Å². The number of nitrogens with one attached hydrogen (secondary N) is 1. The molecule has 0 aromatic carbocycles. The normalized spacial score (nSPS) is 27.7. The van der Waals surface area contributed by atoms with Crippen molar-refractivity contribution < 1.29 is 9.59 Å². The molecule has 6 rings (SSSR count). The Morgan fingerprint density at radius 3 is 2.65 bits per heavy atom. The first-order chi connectivity index (χ1) is 14.8. The quantitative estimate of drug-likeness (QED) is 0.810. The summed E-state index contributed by atoms with van der Waals surface area (Å²) < 4.78 is 1.76. The summed E-state index contributed by atoms with van der Waals surface area (Å²) in [6.07, 6.45) is 7.60. The zero-order valence-electron chi connectivity index (χ0n) is 18.9. The number of fused-ring (bicyclic) bond motifs is 3. The van der Waals surface area contributed by atoms with Crippen LogP contribution in [0.3, 0.4) is 0 Å². The van der Waals surface area contributed by atoms with Gasteiger partial charge in [-0.05, 0) is 73.3 Å². The minimum Gasteiger partial charge on any atom is -0.350 e. The number of carbonyl (C=O) groups excluding carboxylic acids is 2. The highest BCUT2D eigenvalue weighted by molar-refractivity contribution is 5.95. The highest BCUT2D eigenvalue weighted by Crippen LogP contribution is 2.61. The fourth-order valence-corrected chi connectivity index (χ4v) is 6.19. The van der Waals surface area contributed by atoms with E-state index in [4.69, 9.17) is 0 Å². The van der Waals surface area contributed by atoms with Gasteiger partial charge >= 0.3 is 0 Å². The molecule has 6 nitrogen and oxygen atoms in total. The standard InChI is InChI=1S/C25H34N4O2/c1-16-9-11-28(12-10-16)24(31)20-15-29-21(5-4-6-22(29)27-20)23(30)26-14-17-7-8-18-13-19(17)25(18,2)3/h4-6,15-19H,7-14H2,1-3H3,(H,26,30)/t17-,18-,19-/m0/s1. The number of likely N-dealkylation sites (tertiary alicyclic amines) is 1. The lowest BCUT2D eigenvalue weighted by atomic mass is 9.45. The Morgan fingerprint density at radius 1 is 1.16 bits per heavy atom. The molecule has 3 aliphatic carbocycles. The molecule has 1 aliphatic heterocycles. The summed E-state index contributed by atoms with van der Waals surface area (Å²) in [7, 11) is 0. The molecule has 2 amide bonds. The van der Waals surface area contributed by atoms with Crippen LogP contribution in [-0.2, 0) is 0 Å². The monoisotopic (exact) mass is 422 g/mol. The molecule has 3 atom stereocenters. The molecule has 1 N–H and O–H groups in total. The van der Waals surface area contributed by atoms with Crippen LogP contribution in [0.15, 0.2) is 24.4 Å². The maximum Gasteiger partial charge on any atom is 0.274 e. The van der Waals surface area contributed by atoms with Gasteiger partial charge < -0.3 is 10.2 Å². The maximum absolute atomic E-state index is 13.0. The van der Waals surface area contributed by atoms with Crippen LogP contribution in [0.25, 0.3) is 5.65 Å². The minimum atomic E-state index is -0.0898. The number of hydrogen-bond donors (Lipinski definition) is 1. The van der Waals surface area contributed by atoms with Gasteiger partial charge in [0.25, 0.3) is 11.8 Å². The van der Waals surface area contributed by atoms with Crippen LogP contribution in [0.1, 0.15) is 73.9 Å². The van der Waals surface area contributed by atoms with Gasteiger partial charge in [0.2, 0.25) is 0 Å². The fourth-order valence-electron chi connectivity index (χ4n) is 6.19. The van der Waals surface area contributed by atoms with Crippen molar-refractivity contribution in [1.82, 2.24) is 19.6 Å². The Morgan fingerprint density at radius 2 is 1.94 bits per heavy atom. The second-order valence-electron chi connectivity index (χ2n) is 10.6. The predicted octanol–water partition coefficient (Wildman–Crippen LogP) is 4.01. The van der Waals surface area contributed by atoms with Gasteiger partial charge in [0.05, 0.1) is 0 Å². The lowest BCUT2D eigenvalue weighted by Gasteiger charge is -2.60. The lowest BCUT2D eigenvalue weighted by Crippen LogP contribution is -2.54. The number of piperidine rings is 1. The molecule has 2 bridgehead atoms. The highest BCUT2D eigenvalue weighted by Gasteiger charge is 2.53. The van der Waals surface area contributed by atoms with Crippen molar-refractivity contribution in [2.45, 2.75) is 52.9 Å². The second kappa shape index (κ2) is 7.64. The highest BCUT2D eigenvalue weighted by atomic mass is 16.2. The zero-order chi connectivity index (χ0) is 21.8. The first-order valence-corrected chi connectivity index (χ1v) is 11.9.